The Morgan fingerprint density at radius 3 is 2.81 bits per heavy atom. The van der Waals surface area contributed by atoms with E-state index in [0.29, 0.717) is 24.9 Å². The number of rotatable bonds is 5. The van der Waals surface area contributed by atoms with Crippen molar-refractivity contribution in [1.82, 2.24) is 15.1 Å². The average Bonchev–Trinajstić information content (AvgIpc) is 2.46. The number of carbonyl (C=O) groups is 2. The maximum Gasteiger partial charge on any atom is 0.317 e. The number of aliphatic carboxylic acids is 1. The van der Waals surface area contributed by atoms with Crippen molar-refractivity contribution >= 4 is 12.0 Å². The van der Waals surface area contributed by atoms with Crippen LogP contribution in [0, 0.1) is 5.92 Å². The summed E-state index contributed by atoms with van der Waals surface area (Å²) in [5.74, 6) is -0.167. The van der Waals surface area contributed by atoms with Gasteiger partial charge in [0, 0.05) is 32.1 Å². The average molecular weight is 297 g/mol. The Labute approximate surface area is 126 Å². The summed E-state index contributed by atoms with van der Waals surface area (Å²) in [6, 6.07) is 0.648. The van der Waals surface area contributed by atoms with Crippen molar-refractivity contribution in [2.24, 2.45) is 5.92 Å². The van der Waals surface area contributed by atoms with E-state index in [-0.39, 0.29) is 12.5 Å². The highest BCUT2D eigenvalue weighted by Crippen LogP contribution is 2.29. The minimum atomic E-state index is -0.773. The van der Waals surface area contributed by atoms with Crippen molar-refractivity contribution in [1.29, 1.82) is 0 Å². The first-order valence-corrected chi connectivity index (χ1v) is 8.02. The molecule has 21 heavy (non-hydrogen) atoms. The summed E-state index contributed by atoms with van der Waals surface area (Å²) in [7, 11) is 2.19. The summed E-state index contributed by atoms with van der Waals surface area (Å²) in [4.78, 5) is 26.9. The van der Waals surface area contributed by atoms with Crippen LogP contribution in [0.1, 0.15) is 38.5 Å². The Kier molecular flexibility index (Phi) is 5.85. The van der Waals surface area contributed by atoms with Gasteiger partial charge in [-0.2, -0.15) is 0 Å². The summed E-state index contributed by atoms with van der Waals surface area (Å²) < 4.78 is 0. The highest BCUT2D eigenvalue weighted by atomic mass is 16.4. The number of urea groups is 1. The van der Waals surface area contributed by atoms with Crippen molar-refractivity contribution in [2.45, 2.75) is 44.6 Å². The number of unbranched alkanes of at least 4 members (excludes halogenated alkanes) is 1. The van der Waals surface area contributed by atoms with E-state index in [1.165, 1.54) is 19.4 Å². The number of nitrogens with zero attached hydrogens (tertiary/aromatic N) is 2. The third-order valence-electron chi connectivity index (χ3n) is 4.73. The first-order valence-electron chi connectivity index (χ1n) is 8.02. The van der Waals surface area contributed by atoms with Crippen LogP contribution in [0.5, 0.6) is 0 Å². The monoisotopic (exact) mass is 297 g/mol. The van der Waals surface area contributed by atoms with Gasteiger partial charge in [-0.25, -0.2) is 4.79 Å². The molecule has 2 N–H and O–H groups in total. The van der Waals surface area contributed by atoms with Crippen LogP contribution in [0.25, 0.3) is 0 Å². The van der Waals surface area contributed by atoms with E-state index in [0.717, 1.165) is 25.9 Å². The van der Waals surface area contributed by atoms with Gasteiger partial charge < -0.3 is 20.2 Å². The fourth-order valence-corrected chi connectivity index (χ4v) is 3.55. The van der Waals surface area contributed by atoms with E-state index in [4.69, 9.17) is 5.11 Å². The topological polar surface area (TPSA) is 72.9 Å². The Balaban J connectivity index is 1.68. The van der Waals surface area contributed by atoms with E-state index < -0.39 is 5.97 Å². The molecule has 0 radical (unpaired) electrons. The molecule has 0 aromatic rings. The van der Waals surface area contributed by atoms with Crippen LogP contribution in [0.4, 0.5) is 4.79 Å². The largest absolute Gasteiger partial charge is 0.481 e. The van der Waals surface area contributed by atoms with Crippen molar-refractivity contribution < 1.29 is 14.7 Å². The number of hydrogen-bond acceptors (Lipinski definition) is 3. The SMILES string of the molecule is CN1CCCC2CN(C(=O)NCCCCC(=O)O)CCC21. The van der Waals surface area contributed by atoms with Gasteiger partial charge in [0.25, 0.3) is 0 Å². The summed E-state index contributed by atoms with van der Waals surface area (Å²) in [5.41, 5.74) is 0. The van der Waals surface area contributed by atoms with Crippen molar-refractivity contribution in [3.63, 3.8) is 0 Å². The van der Waals surface area contributed by atoms with Crippen molar-refractivity contribution in [3.05, 3.63) is 0 Å². The first-order chi connectivity index (χ1) is 10.1. The van der Waals surface area contributed by atoms with Gasteiger partial charge in [-0.1, -0.05) is 0 Å². The molecule has 0 aromatic carbocycles. The Morgan fingerprint density at radius 1 is 1.24 bits per heavy atom. The number of nitrogens with one attached hydrogen (secondary N) is 1. The molecule has 0 bridgehead atoms. The van der Waals surface area contributed by atoms with Crippen LogP contribution in [-0.4, -0.2) is 66.2 Å². The van der Waals surface area contributed by atoms with Gasteiger partial charge in [0.2, 0.25) is 0 Å². The van der Waals surface area contributed by atoms with E-state index in [1.54, 1.807) is 0 Å². The predicted octanol–water partition coefficient (Wildman–Crippen LogP) is 1.37. The minimum absolute atomic E-state index is 0.0111. The fourth-order valence-electron chi connectivity index (χ4n) is 3.55. The predicted molar refractivity (Wildman–Crippen MR) is 80.2 cm³/mol. The molecule has 2 heterocycles. The molecule has 6 nitrogen and oxygen atoms in total. The minimum Gasteiger partial charge on any atom is -0.481 e. The summed E-state index contributed by atoms with van der Waals surface area (Å²) in [6.07, 6.45) is 5.02. The van der Waals surface area contributed by atoms with Crippen LogP contribution in [0.3, 0.4) is 0 Å². The lowest BCUT2D eigenvalue weighted by Crippen LogP contribution is -2.55. The number of likely N-dealkylation sites (tertiary alicyclic amines) is 2. The smallest absolute Gasteiger partial charge is 0.317 e. The summed E-state index contributed by atoms with van der Waals surface area (Å²) >= 11 is 0. The van der Waals surface area contributed by atoms with Gasteiger partial charge in [-0.05, 0) is 51.6 Å². The molecule has 2 atom stereocenters. The van der Waals surface area contributed by atoms with Crippen LogP contribution < -0.4 is 5.32 Å². The number of amides is 2. The van der Waals surface area contributed by atoms with Crippen molar-refractivity contribution in [2.75, 3.05) is 33.2 Å². The van der Waals surface area contributed by atoms with E-state index in [9.17, 15) is 9.59 Å². The standard InChI is InChI=1S/C15H27N3O3/c1-17-9-4-5-12-11-18(10-7-13(12)17)15(21)16-8-3-2-6-14(19)20/h12-13H,2-11H2,1H3,(H,16,21)(H,19,20). The Hall–Kier alpha value is -1.30. The van der Waals surface area contributed by atoms with Crippen LogP contribution in [0.2, 0.25) is 0 Å². The molecule has 2 amide bonds. The van der Waals surface area contributed by atoms with E-state index >= 15 is 0 Å². The molecule has 0 aliphatic carbocycles. The lowest BCUT2D eigenvalue weighted by molar-refractivity contribution is -0.137. The molecule has 2 fully saturated rings. The van der Waals surface area contributed by atoms with Gasteiger partial charge in [-0.3, -0.25) is 4.79 Å². The quantitative estimate of drug-likeness (QED) is 0.752. The zero-order valence-corrected chi connectivity index (χ0v) is 12.9. The maximum absolute atomic E-state index is 12.1. The van der Waals surface area contributed by atoms with E-state index in [1.807, 2.05) is 4.90 Å². The highest BCUT2D eigenvalue weighted by molar-refractivity contribution is 5.74. The Bertz CT molecular complexity index is 375. The van der Waals surface area contributed by atoms with Gasteiger partial charge in [0.05, 0.1) is 0 Å². The number of carbonyl (C=O) groups excluding carboxylic acids is 1. The number of carboxylic acids is 1. The second-order valence-electron chi connectivity index (χ2n) is 6.27. The number of fused-ring (bicyclic) bond motifs is 1. The summed E-state index contributed by atoms with van der Waals surface area (Å²) in [5, 5.41) is 11.5. The molecule has 120 valence electrons. The number of hydrogen-bond donors (Lipinski definition) is 2. The number of carboxylic acid groups (broad SMARTS) is 1. The van der Waals surface area contributed by atoms with Crippen LogP contribution in [0.15, 0.2) is 0 Å². The van der Waals surface area contributed by atoms with Gasteiger partial charge in [0.1, 0.15) is 0 Å². The second-order valence-corrected chi connectivity index (χ2v) is 6.27. The van der Waals surface area contributed by atoms with Crippen molar-refractivity contribution in [3.8, 4) is 0 Å². The van der Waals surface area contributed by atoms with Crippen LogP contribution in [-0.2, 0) is 4.79 Å². The molecule has 2 saturated heterocycles. The zero-order chi connectivity index (χ0) is 15.2. The van der Waals surface area contributed by atoms with Gasteiger partial charge >= 0.3 is 12.0 Å². The molecule has 2 rings (SSSR count). The normalized spacial score (nSPS) is 26.2. The summed E-state index contributed by atoms with van der Waals surface area (Å²) in [6.45, 7) is 3.43. The third kappa shape index (κ3) is 4.59. The molecule has 6 heteroatoms. The number of piperidine rings is 2. The fraction of sp³-hybridized carbons (Fsp3) is 0.867. The molecule has 2 aliphatic heterocycles. The molecule has 2 aliphatic rings. The molecular formula is C15H27N3O3. The third-order valence-corrected chi connectivity index (χ3v) is 4.73. The van der Waals surface area contributed by atoms with Crippen LogP contribution >= 0.6 is 0 Å². The lowest BCUT2D eigenvalue weighted by Gasteiger charge is -2.45. The Morgan fingerprint density at radius 2 is 2.05 bits per heavy atom. The molecule has 2 unspecified atom stereocenters. The molecule has 0 spiro atoms. The lowest BCUT2D eigenvalue weighted by atomic mass is 9.84. The molecule has 0 aromatic heterocycles. The second kappa shape index (κ2) is 7.64. The first kappa shape index (κ1) is 16.1. The molecule has 0 saturated carbocycles. The van der Waals surface area contributed by atoms with E-state index in [2.05, 4.69) is 17.3 Å². The van der Waals surface area contributed by atoms with Gasteiger partial charge in [-0.15, -0.1) is 0 Å². The molecular weight excluding hydrogens is 270 g/mol. The highest BCUT2D eigenvalue weighted by Gasteiger charge is 2.35. The zero-order valence-electron chi connectivity index (χ0n) is 12.9. The van der Waals surface area contributed by atoms with Gasteiger partial charge in [0.15, 0.2) is 0 Å². The maximum atomic E-state index is 12.1.